The predicted octanol–water partition coefficient (Wildman–Crippen LogP) is 1.21. The van der Waals surface area contributed by atoms with Gasteiger partial charge in [0.2, 0.25) is 0 Å². The van der Waals surface area contributed by atoms with Crippen LogP contribution in [-0.2, 0) is 9.31 Å². The van der Waals surface area contributed by atoms with Crippen LogP contribution in [0.15, 0.2) is 0 Å². The molecule has 0 radical (unpaired) electrons. The number of hydrogen-bond acceptors (Lipinski definition) is 3. The normalized spacial score (nSPS) is 51.2. The summed E-state index contributed by atoms with van der Waals surface area (Å²) in [6.45, 7) is 6.95. The van der Waals surface area contributed by atoms with Crippen LogP contribution < -0.4 is 5.73 Å². The Kier molecular flexibility index (Phi) is 1.88. The lowest BCUT2D eigenvalue weighted by Crippen LogP contribution is -2.65. The summed E-state index contributed by atoms with van der Waals surface area (Å²) in [6, 6.07) is 0. The minimum atomic E-state index is -0.171. The van der Waals surface area contributed by atoms with Gasteiger partial charge in [0.05, 0.1) is 11.7 Å². The molecule has 1 saturated heterocycles. The lowest BCUT2D eigenvalue weighted by Gasteiger charge is -2.64. The highest BCUT2D eigenvalue weighted by atomic mass is 16.7. The van der Waals surface area contributed by atoms with Gasteiger partial charge in [0.15, 0.2) is 0 Å². The maximum Gasteiger partial charge on any atom is 0.472 e. The van der Waals surface area contributed by atoms with Gasteiger partial charge in [-0.3, -0.25) is 0 Å². The quantitative estimate of drug-likeness (QED) is 0.660. The van der Waals surface area contributed by atoms with E-state index < -0.39 is 0 Å². The average molecular weight is 209 g/mol. The standard InChI is InChI=1S/C11H20BNO2/c1-10(2)7-4-8(10)11(3)9(5-7)14-12(6-13)15-11/h7-9H,4-6,13H2,1-3H3/t7?,8-,9?,11-/m0/s1. The first-order valence-corrected chi connectivity index (χ1v) is 6.02. The molecule has 3 aliphatic carbocycles. The number of nitrogens with two attached hydrogens (primary N) is 1. The molecule has 0 aromatic heterocycles. The van der Waals surface area contributed by atoms with Crippen molar-refractivity contribution in [1.82, 2.24) is 0 Å². The van der Waals surface area contributed by atoms with Gasteiger partial charge >= 0.3 is 7.12 Å². The van der Waals surface area contributed by atoms with E-state index in [1.165, 1.54) is 6.42 Å². The van der Waals surface area contributed by atoms with Gasteiger partial charge in [-0.25, -0.2) is 0 Å². The van der Waals surface area contributed by atoms with Gasteiger partial charge in [-0.2, -0.15) is 0 Å². The zero-order valence-corrected chi connectivity index (χ0v) is 9.82. The highest BCUT2D eigenvalue weighted by Crippen LogP contribution is 2.65. The van der Waals surface area contributed by atoms with Gasteiger partial charge in [-0.1, -0.05) is 13.8 Å². The molecule has 3 nitrogen and oxygen atoms in total. The van der Waals surface area contributed by atoms with Crippen LogP contribution in [0.25, 0.3) is 0 Å². The molecule has 4 fully saturated rings. The highest BCUT2D eigenvalue weighted by Gasteiger charge is 2.67. The fourth-order valence-electron chi connectivity index (χ4n) is 4.05. The summed E-state index contributed by atoms with van der Waals surface area (Å²) in [5, 5.41) is 0. The molecule has 0 aromatic carbocycles. The first-order valence-electron chi connectivity index (χ1n) is 6.02. The lowest BCUT2D eigenvalue weighted by atomic mass is 9.43. The third-order valence-electron chi connectivity index (χ3n) is 5.19. The van der Waals surface area contributed by atoms with Crippen LogP contribution in [0.3, 0.4) is 0 Å². The molecule has 15 heavy (non-hydrogen) atoms. The zero-order chi connectivity index (χ0) is 10.8. The van der Waals surface area contributed by atoms with Crippen molar-refractivity contribution in [2.24, 2.45) is 23.0 Å². The lowest BCUT2D eigenvalue weighted by molar-refractivity contribution is -0.199. The van der Waals surface area contributed by atoms with Gasteiger partial charge < -0.3 is 15.0 Å². The molecule has 4 heteroatoms. The Hall–Kier alpha value is -0.0551. The molecule has 1 aliphatic heterocycles. The van der Waals surface area contributed by atoms with E-state index in [2.05, 4.69) is 20.8 Å². The zero-order valence-electron chi connectivity index (χ0n) is 9.82. The number of rotatable bonds is 1. The van der Waals surface area contributed by atoms with Crippen molar-refractivity contribution in [3.05, 3.63) is 0 Å². The fraction of sp³-hybridized carbons (Fsp3) is 1.00. The molecule has 0 spiro atoms. The third kappa shape index (κ3) is 1.08. The molecule has 1 heterocycles. The van der Waals surface area contributed by atoms with E-state index in [1.807, 2.05) is 0 Å². The van der Waals surface area contributed by atoms with Crippen molar-refractivity contribution in [3.63, 3.8) is 0 Å². The van der Waals surface area contributed by atoms with Crippen LogP contribution in [0.4, 0.5) is 0 Å². The largest absolute Gasteiger partial charge is 0.472 e. The molecule has 2 N–H and O–H groups in total. The Balaban J connectivity index is 1.89. The van der Waals surface area contributed by atoms with E-state index in [0.717, 1.165) is 12.3 Å². The Morgan fingerprint density at radius 3 is 2.67 bits per heavy atom. The van der Waals surface area contributed by atoms with E-state index in [0.29, 0.717) is 17.8 Å². The average Bonchev–Trinajstić information content (AvgIpc) is 2.53. The Bertz CT molecular complexity index is 296. The Labute approximate surface area is 91.8 Å². The molecular weight excluding hydrogens is 189 g/mol. The first-order chi connectivity index (χ1) is 6.98. The van der Waals surface area contributed by atoms with Crippen LogP contribution >= 0.6 is 0 Å². The van der Waals surface area contributed by atoms with E-state index in [-0.39, 0.29) is 18.8 Å². The molecule has 0 aromatic rings. The van der Waals surface area contributed by atoms with E-state index in [4.69, 9.17) is 15.0 Å². The minimum Gasteiger partial charge on any atom is -0.405 e. The van der Waals surface area contributed by atoms with Gasteiger partial charge in [-0.05, 0) is 37.0 Å². The molecule has 2 bridgehead atoms. The monoisotopic (exact) mass is 209 g/mol. The highest BCUT2D eigenvalue weighted by molar-refractivity contribution is 6.45. The van der Waals surface area contributed by atoms with Crippen LogP contribution in [0, 0.1) is 17.3 Å². The molecule has 4 rings (SSSR count). The second kappa shape index (κ2) is 2.79. The molecule has 2 unspecified atom stereocenters. The first kappa shape index (κ1) is 10.1. The van der Waals surface area contributed by atoms with Gasteiger partial charge in [0, 0.05) is 6.44 Å². The third-order valence-corrected chi connectivity index (χ3v) is 5.19. The van der Waals surface area contributed by atoms with Crippen LogP contribution in [0.2, 0.25) is 0 Å². The summed E-state index contributed by atoms with van der Waals surface area (Å²) in [5.41, 5.74) is 5.97. The molecule has 4 aliphatic rings. The van der Waals surface area contributed by atoms with Crippen molar-refractivity contribution in [1.29, 1.82) is 0 Å². The van der Waals surface area contributed by atoms with Gasteiger partial charge in [0.1, 0.15) is 0 Å². The predicted molar refractivity (Wildman–Crippen MR) is 59.2 cm³/mol. The molecule has 4 atom stereocenters. The SMILES string of the molecule is CC1(C)C2CC3OB(CN)O[C@@]3(C)[C@H]1C2. The van der Waals surface area contributed by atoms with Crippen LogP contribution in [-0.4, -0.2) is 25.3 Å². The molecule has 0 amide bonds. The fourth-order valence-corrected chi connectivity index (χ4v) is 4.05. The summed E-state index contributed by atoms with van der Waals surface area (Å²) < 4.78 is 11.9. The molecule has 3 saturated carbocycles. The maximum atomic E-state index is 6.04. The van der Waals surface area contributed by atoms with Crippen LogP contribution in [0.5, 0.6) is 0 Å². The number of hydrogen-bond donors (Lipinski definition) is 1. The van der Waals surface area contributed by atoms with Crippen molar-refractivity contribution >= 4 is 7.12 Å². The van der Waals surface area contributed by atoms with E-state index in [1.54, 1.807) is 0 Å². The van der Waals surface area contributed by atoms with Crippen LogP contribution in [0.1, 0.15) is 33.6 Å². The van der Waals surface area contributed by atoms with Crippen molar-refractivity contribution in [3.8, 4) is 0 Å². The van der Waals surface area contributed by atoms with E-state index >= 15 is 0 Å². The Morgan fingerprint density at radius 2 is 2.07 bits per heavy atom. The van der Waals surface area contributed by atoms with Gasteiger partial charge in [-0.15, -0.1) is 0 Å². The molecular formula is C11H20BNO2. The summed E-state index contributed by atoms with van der Waals surface area (Å²) >= 11 is 0. The van der Waals surface area contributed by atoms with Crippen molar-refractivity contribution < 1.29 is 9.31 Å². The smallest absolute Gasteiger partial charge is 0.405 e. The van der Waals surface area contributed by atoms with Crippen molar-refractivity contribution in [2.75, 3.05) is 6.44 Å². The molecule has 84 valence electrons. The second-order valence-electron chi connectivity index (χ2n) is 6.13. The summed E-state index contributed by atoms with van der Waals surface area (Å²) in [6.07, 6.45) is 3.21. The summed E-state index contributed by atoms with van der Waals surface area (Å²) in [4.78, 5) is 0. The van der Waals surface area contributed by atoms with Crippen molar-refractivity contribution in [2.45, 2.75) is 45.3 Å². The maximum absolute atomic E-state index is 6.04. The summed E-state index contributed by atoms with van der Waals surface area (Å²) in [7, 11) is -0.171. The Morgan fingerprint density at radius 1 is 1.33 bits per heavy atom. The van der Waals surface area contributed by atoms with Gasteiger partial charge in [0.25, 0.3) is 0 Å². The summed E-state index contributed by atoms with van der Waals surface area (Å²) in [5.74, 6) is 1.46. The second-order valence-corrected chi connectivity index (χ2v) is 6.13. The minimum absolute atomic E-state index is 0.0811. The topological polar surface area (TPSA) is 44.5 Å². The van der Waals surface area contributed by atoms with E-state index in [9.17, 15) is 0 Å².